The van der Waals surface area contributed by atoms with Crippen molar-refractivity contribution in [2.24, 2.45) is 0 Å². The third-order valence-electron chi connectivity index (χ3n) is 4.84. The average molecular weight is 385 g/mol. The molecule has 0 aliphatic rings. The molecule has 1 atom stereocenters. The minimum absolute atomic E-state index is 0.136. The van der Waals surface area contributed by atoms with Crippen LogP contribution in [0.4, 0.5) is 0 Å². The van der Waals surface area contributed by atoms with E-state index in [0.29, 0.717) is 18.7 Å². The zero-order valence-corrected chi connectivity index (χ0v) is 16.7. The maximum Gasteiger partial charge on any atom is 0.336 e. The Morgan fingerprint density at radius 3 is 2.63 bits per heavy atom. The van der Waals surface area contributed by atoms with Gasteiger partial charge in [-0.3, -0.25) is 0 Å². The van der Waals surface area contributed by atoms with Gasteiger partial charge in [-0.15, -0.1) is 0 Å². The van der Waals surface area contributed by atoms with Crippen molar-refractivity contribution in [1.82, 2.24) is 10.2 Å². The Kier molecular flexibility index (Phi) is 6.32. The van der Waals surface area contributed by atoms with Gasteiger partial charge in [0.05, 0.1) is 0 Å². The van der Waals surface area contributed by atoms with E-state index in [-0.39, 0.29) is 11.7 Å². The van der Waals surface area contributed by atoms with Crippen LogP contribution < -0.4 is 10.9 Å². The van der Waals surface area contributed by atoms with Gasteiger partial charge in [0, 0.05) is 35.6 Å². The average Bonchev–Trinajstić information content (AvgIpc) is 2.65. The van der Waals surface area contributed by atoms with E-state index >= 15 is 0 Å². The predicted molar refractivity (Wildman–Crippen MR) is 111 cm³/mol. The first kappa shape index (κ1) is 19.6. The van der Waals surface area contributed by atoms with E-state index in [9.17, 15) is 4.79 Å². The normalized spacial score (nSPS) is 12.6. The van der Waals surface area contributed by atoms with Gasteiger partial charge in [0.2, 0.25) is 0 Å². The van der Waals surface area contributed by atoms with Gasteiger partial charge in [-0.25, -0.2) is 4.79 Å². The van der Waals surface area contributed by atoms with Crippen molar-refractivity contribution in [3.8, 4) is 0 Å². The van der Waals surface area contributed by atoms with Crippen molar-refractivity contribution in [3.63, 3.8) is 0 Å². The smallest absolute Gasteiger partial charge is 0.336 e. The fourth-order valence-electron chi connectivity index (χ4n) is 3.30. The Labute approximate surface area is 164 Å². The van der Waals surface area contributed by atoms with E-state index in [1.165, 1.54) is 0 Å². The number of benzene rings is 2. The van der Waals surface area contributed by atoms with Crippen LogP contribution in [0.2, 0.25) is 5.02 Å². The molecule has 0 fully saturated rings. The van der Waals surface area contributed by atoms with Crippen LogP contribution in [0.1, 0.15) is 29.7 Å². The van der Waals surface area contributed by atoms with Gasteiger partial charge in [0.25, 0.3) is 0 Å². The van der Waals surface area contributed by atoms with E-state index in [0.717, 1.165) is 33.5 Å². The Morgan fingerprint density at radius 1 is 1.15 bits per heavy atom. The summed E-state index contributed by atoms with van der Waals surface area (Å²) in [6, 6.07) is 15.7. The quantitative estimate of drug-likeness (QED) is 0.613. The summed E-state index contributed by atoms with van der Waals surface area (Å²) in [5.41, 5.74) is 3.51. The van der Waals surface area contributed by atoms with Crippen molar-refractivity contribution >= 4 is 22.6 Å². The molecule has 2 aromatic carbocycles. The van der Waals surface area contributed by atoms with Gasteiger partial charge in [0.15, 0.2) is 0 Å². The molecule has 0 radical (unpaired) electrons. The molecule has 0 unspecified atom stereocenters. The molecule has 1 N–H and O–H groups in total. The highest BCUT2D eigenvalue weighted by atomic mass is 35.5. The highest BCUT2D eigenvalue weighted by Gasteiger charge is 2.16. The Bertz CT molecular complexity index is 981. The van der Waals surface area contributed by atoms with Crippen molar-refractivity contribution in [1.29, 1.82) is 0 Å². The second kappa shape index (κ2) is 8.70. The van der Waals surface area contributed by atoms with Gasteiger partial charge < -0.3 is 14.6 Å². The molecule has 3 rings (SSSR count). The van der Waals surface area contributed by atoms with Crippen molar-refractivity contribution < 1.29 is 4.42 Å². The summed E-state index contributed by atoms with van der Waals surface area (Å²) < 4.78 is 5.39. The lowest BCUT2D eigenvalue weighted by atomic mass is 10.0. The van der Waals surface area contributed by atoms with Gasteiger partial charge >= 0.3 is 5.63 Å². The van der Waals surface area contributed by atoms with Crippen LogP contribution in [0.15, 0.2) is 57.7 Å². The van der Waals surface area contributed by atoms with Crippen LogP contribution >= 0.6 is 11.6 Å². The van der Waals surface area contributed by atoms with Crippen molar-refractivity contribution in [2.75, 3.05) is 20.6 Å². The Morgan fingerprint density at radius 2 is 1.93 bits per heavy atom. The molecule has 142 valence electrons. The second-order valence-electron chi connectivity index (χ2n) is 6.91. The Hall–Kier alpha value is -2.14. The first-order valence-electron chi connectivity index (χ1n) is 9.16. The van der Waals surface area contributed by atoms with Crippen LogP contribution in [-0.4, -0.2) is 25.5 Å². The predicted octanol–water partition coefficient (Wildman–Crippen LogP) is 4.40. The van der Waals surface area contributed by atoms with Gasteiger partial charge in [-0.1, -0.05) is 48.9 Å². The maximum atomic E-state index is 12.0. The summed E-state index contributed by atoms with van der Waals surface area (Å²) in [7, 11) is 4.07. The molecular weight excluding hydrogens is 360 g/mol. The molecule has 1 heterocycles. The number of nitrogens with zero attached hydrogens (tertiary/aromatic N) is 1. The maximum absolute atomic E-state index is 12.0. The van der Waals surface area contributed by atoms with Gasteiger partial charge in [0.1, 0.15) is 5.58 Å². The van der Waals surface area contributed by atoms with Crippen molar-refractivity contribution in [3.05, 3.63) is 80.7 Å². The van der Waals surface area contributed by atoms with Crippen molar-refractivity contribution in [2.45, 2.75) is 25.9 Å². The Balaban J connectivity index is 1.80. The number of rotatable bonds is 7. The standard InChI is InChI=1S/C22H25ClN2O2/c1-4-15-9-10-17-16(12-22(26)27-21(17)11-15)13-24-14-20(25(2)3)18-7-5-6-8-19(18)23/h5-12,20,24H,4,13-14H2,1-3H3/t20-/m1/s1. The van der Waals surface area contributed by atoms with Crippen LogP contribution in [0.3, 0.4) is 0 Å². The van der Waals surface area contributed by atoms with Crippen LogP contribution in [0.5, 0.6) is 0 Å². The molecule has 0 aliphatic heterocycles. The number of nitrogens with one attached hydrogen (secondary N) is 1. The third kappa shape index (κ3) is 4.59. The van der Waals surface area contributed by atoms with Crippen LogP contribution in [0.25, 0.3) is 11.0 Å². The lowest BCUT2D eigenvalue weighted by Crippen LogP contribution is -2.31. The van der Waals surface area contributed by atoms with E-state index < -0.39 is 0 Å². The largest absolute Gasteiger partial charge is 0.423 e. The van der Waals surface area contributed by atoms with E-state index in [1.807, 2.05) is 50.5 Å². The summed E-state index contributed by atoms with van der Waals surface area (Å²) >= 11 is 6.38. The lowest BCUT2D eigenvalue weighted by molar-refractivity contribution is 0.288. The molecule has 5 heteroatoms. The molecular formula is C22H25ClN2O2. The fraction of sp³-hybridized carbons (Fsp3) is 0.318. The monoisotopic (exact) mass is 384 g/mol. The van der Waals surface area contributed by atoms with E-state index in [1.54, 1.807) is 6.07 Å². The summed E-state index contributed by atoms with van der Waals surface area (Å²) in [5.74, 6) is 0. The van der Waals surface area contributed by atoms with Crippen LogP contribution in [-0.2, 0) is 13.0 Å². The van der Waals surface area contributed by atoms with Gasteiger partial charge in [-0.2, -0.15) is 0 Å². The summed E-state index contributed by atoms with van der Waals surface area (Å²) in [6.07, 6.45) is 0.907. The molecule has 0 aliphatic carbocycles. The minimum atomic E-state index is -0.317. The molecule has 0 bridgehead atoms. The summed E-state index contributed by atoms with van der Waals surface area (Å²) in [4.78, 5) is 14.1. The van der Waals surface area contributed by atoms with E-state index in [4.69, 9.17) is 16.0 Å². The molecule has 0 saturated heterocycles. The highest BCUT2D eigenvalue weighted by Crippen LogP contribution is 2.26. The number of fused-ring (bicyclic) bond motifs is 1. The number of likely N-dealkylation sites (N-methyl/N-ethyl adjacent to an activating group) is 1. The highest BCUT2D eigenvalue weighted by molar-refractivity contribution is 6.31. The first-order valence-corrected chi connectivity index (χ1v) is 9.54. The molecule has 4 nitrogen and oxygen atoms in total. The second-order valence-corrected chi connectivity index (χ2v) is 7.31. The fourth-order valence-corrected chi connectivity index (χ4v) is 3.56. The number of aryl methyl sites for hydroxylation is 1. The minimum Gasteiger partial charge on any atom is -0.423 e. The van der Waals surface area contributed by atoms with Crippen LogP contribution in [0, 0.1) is 0 Å². The first-order chi connectivity index (χ1) is 13.0. The molecule has 0 saturated carbocycles. The summed E-state index contributed by atoms with van der Waals surface area (Å²) in [5, 5.41) is 5.21. The zero-order chi connectivity index (χ0) is 19.4. The molecule has 0 amide bonds. The molecule has 1 aromatic heterocycles. The number of hydrogen-bond donors (Lipinski definition) is 1. The summed E-state index contributed by atoms with van der Waals surface area (Å²) in [6.45, 7) is 3.38. The molecule has 3 aromatic rings. The third-order valence-corrected chi connectivity index (χ3v) is 5.19. The molecule has 27 heavy (non-hydrogen) atoms. The lowest BCUT2D eigenvalue weighted by Gasteiger charge is -2.26. The molecule has 0 spiro atoms. The van der Waals surface area contributed by atoms with E-state index in [2.05, 4.69) is 23.2 Å². The number of hydrogen-bond acceptors (Lipinski definition) is 4. The SMILES string of the molecule is CCc1ccc2c(CNC[C@H](c3ccccc3Cl)N(C)C)cc(=O)oc2c1. The topological polar surface area (TPSA) is 45.5 Å². The number of halogens is 1. The van der Waals surface area contributed by atoms with Gasteiger partial charge in [-0.05, 0) is 49.3 Å². The zero-order valence-electron chi connectivity index (χ0n) is 16.0.